The zero-order valence-electron chi connectivity index (χ0n) is 22.8. The molecule has 3 fully saturated rings. The lowest BCUT2D eigenvalue weighted by Gasteiger charge is -2.45. The molecule has 3 heterocycles. The van der Waals surface area contributed by atoms with Gasteiger partial charge in [-0.2, -0.15) is 0 Å². The number of carbonyl (C=O) groups is 3. The fourth-order valence-corrected chi connectivity index (χ4v) is 7.24. The Bertz CT molecular complexity index is 908. The molecule has 3 aliphatic heterocycles. The molecule has 2 bridgehead atoms. The normalized spacial score (nSPS) is 31.4. The molecule has 202 valence electrons. The number of hydrogen-bond donors (Lipinski definition) is 1. The van der Waals surface area contributed by atoms with Crippen LogP contribution in [-0.2, 0) is 23.9 Å². The Labute approximate surface area is 215 Å². The quantitative estimate of drug-likeness (QED) is 0.343. The molecular weight excluding hydrogens is 460 g/mol. The van der Waals surface area contributed by atoms with Crippen molar-refractivity contribution in [2.75, 3.05) is 26.3 Å². The van der Waals surface area contributed by atoms with E-state index in [0.717, 1.165) is 6.42 Å². The van der Waals surface area contributed by atoms with Gasteiger partial charge in [0.1, 0.15) is 24.2 Å². The summed E-state index contributed by atoms with van der Waals surface area (Å²) in [6.45, 7) is 19.9. The van der Waals surface area contributed by atoms with E-state index in [1.165, 1.54) is 11.0 Å². The zero-order chi connectivity index (χ0) is 27.1. The molecule has 0 saturated carbocycles. The van der Waals surface area contributed by atoms with Crippen LogP contribution in [0.5, 0.6) is 0 Å². The molecule has 8 nitrogen and oxygen atoms in total. The van der Waals surface area contributed by atoms with Crippen molar-refractivity contribution >= 4 is 17.8 Å². The van der Waals surface area contributed by atoms with Gasteiger partial charge < -0.3 is 24.4 Å². The van der Waals surface area contributed by atoms with E-state index in [9.17, 15) is 19.5 Å². The first-order chi connectivity index (χ1) is 16.7. The molecule has 0 aromatic heterocycles. The van der Waals surface area contributed by atoms with Gasteiger partial charge in [0.2, 0.25) is 11.8 Å². The standard InChI is InChI=1S/C28H44N2O6/c1-9-14-30(26(7,8)18-25(4,5)6)23(33)21-28-13-12-27(11-3,36-28)20(24(34)35-17-10-2)19(28)22(32)29(21)15-16-31/h9-10,19-21,31H,1-2,11-18H2,3-8H3/t19-,20+,21?,27-,28?/m0/s1. The van der Waals surface area contributed by atoms with Crippen molar-refractivity contribution in [1.82, 2.24) is 9.80 Å². The molecule has 0 radical (unpaired) electrons. The van der Waals surface area contributed by atoms with Crippen molar-refractivity contribution in [2.45, 2.75) is 90.0 Å². The Hall–Kier alpha value is -2.19. The first kappa shape index (κ1) is 28.4. The molecule has 3 rings (SSSR count). The maximum atomic E-state index is 14.5. The van der Waals surface area contributed by atoms with E-state index < -0.39 is 40.6 Å². The highest BCUT2D eigenvalue weighted by molar-refractivity contribution is 5.98. The highest BCUT2D eigenvalue weighted by Crippen LogP contribution is 2.64. The Morgan fingerprint density at radius 1 is 1.22 bits per heavy atom. The fraction of sp³-hybridized carbons (Fsp3) is 0.750. The summed E-state index contributed by atoms with van der Waals surface area (Å²) in [6.07, 6.45) is 5.49. The third-order valence-corrected chi connectivity index (χ3v) is 8.12. The molecule has 2 unspecified atom stereocenters. The van der Waals surface area contributed by atoms with Crippen LogP contribution < -0.4 is 0 Å². The lowest BCUT2D eigenvalue weighted by atomic mass is 9.65. The first-order valence-electron chi connectivity index (χ1n) is 13.1. The van der Waals surface area contributed by atoms with E-state index in [0.29, 0.717) is 25.8 Å². The number of esters is 1. The lowest BCUT2D eigenvalue weighted by molar-refractivity contribution is -0.162. The predicted octanol–water partition coefficient (Wildman–Crippen LogP) is 3.09. The second-order valence-electron chi connectivity index (χ2n) is 12.3. The monoisotopic (exact) mass is 504 g/mol. The van der Waals surface area contributed by atoms with Crippen molar-refractivity contribution in [1.29, 1.82) is 0 Å². The van der Waals surface area contributed by atoms with Gasteiger partial charge in [0, 0.05) is 18.6 Å². The molecule has 5 atom stereocenters. The number of fused-ring (bicyclic) bond motifs is 1. The van der Waals surface area contributed by atoms with Crippen LogP contribution in [0.4, 0.5) is 0 Å². The molecule has 1 spiro atoms. The SMILES string of the molecule is C=CCOC(=O)[C@H]1[C@H]2C(=O)N(CCO)C(C(=O)N(CC=C)C(C)(C)CC(C)(C)C)C23CC[C@]1(CC)O3. The fourth-order valence-electron chi connectivity index (χ4n) is 7.24. The molecule has 1 N–H and O–H groups in total. The summed E-state index contributed by atoms with van der Waals surface area (Å²) in [5, 5.41) is 9.84. The van der Waals surface area contributed by atoms with Crippen LogP contribution in [0.3, 0.4) is 0 Å². The number of hydrogen-bond acceptors (Lipinski definition) is 6. The van der Waals surface area contributed by atoms with Crippen LogP contribution in [0.25, 0.3) is 0 Å². The summed E-state index contributed by atoms with van der Waals surface area (Å²) in [6, 6.07) is -0.938. The number of β-amino-alcohol motifs (C(OH)–C–C–N with tert-alkyl or cyclic N) is 1. The predicted molar refractivity (Wildman–Crippen MR) is 137 cm³/mol. The molecule has 36 heavy (non-hydrogen) atoms. The molecule has 3 saturated heterocycles. The van der Waals surface area contributed by atoms with Gasteiger partial charge in [-0.3, -0.25) is 14.4 Å². The Morgan fingerprint density at radius 2 is 1.89 bits per heavy atom. The number of nitrogens with zero attached hydrogens (tertiary/aromatic N) is 2. The topological polar surface area (TPSA) is 96.4 Å². The minimum atomic E-state index is -1.14. The number of rotatable bonds is 11. The summed E-state index contributed by atoms with van der Waals surface area (Å²) in [7, 11) is 0. The summed E-state index contributed by atoms with van der Waals surface area (Å²) < 4.78 is 12.1. The molecule has 0 aliphatic carbocycles. The van der Waals surface area contributed by atoms with Crippen LogP contribution in [-0.4, -0.2) is 81.8 Å². The minimum Gasteiger partial charge on any atom is -0.461 e. The van der Waals surface area contributed by atoms with Crippen LogP contribution in [0.2, 0.25) is 0 Å². The number of likely N-dealkylation sites (tertiary alicyclic amines) is 1. The highest BCUT2D eigenvalue weighted by atomic mass is 16.6. The molecule has 8 heteroatoms. The van der Waals surface area contributed by atoms with E-state index in [4.69, 9.17) is 9.47 Å². The summed E-state index contributed by atoms with van der Waals surface area (Å²) >= 11 is 0. The van der Waals surface area contributed by atoms with Crippen LogP contribution in [0, 0.1) is 17.3 Å². The van der Waals surface area contributed by atoms with Crippen molar-refractivity contribution in [3.63, 3.8) is 0 Å². The molecule has 3 aliphatic rings. The first-order valence-corrected chi connectivity index (χ1v) is 13.1. The average Bonchev–Trinajstić information content (AvgIpc) is 3.38. The van der Waals surface area contributed by atoms with Gasteiger partial charge in [-0.15, -0.1) is 6.58 Å². The zero-order valence-corrected chi connectivity index (χ0v) is 22.8. The van der Waals surface area contributed by atoms with Gasteiger partial charge in [-0.05, 0) is 44.9 Å². The van der Waals surface area contributed by atoms with Gasteiger partial charge in [0.05, 0.1) is 18.1 Å². The largest absolute Gasteiger partial charge is 0.461 e. The van der Waals surface area contributed by atoms with Crippen LogP contribution >= 0.6 is 0 Å². The summed E-state index contributed by atoms with van der Waals surface area (Å²) in [5.74, 6) is -2.70. The van der Waals surface area contributed by atoms with Gasteiger partial charge in [0.15, 0.2) is 0 Å². The molecule has 2 amide bonds. The van der Waals surface area contributed by atoms with Crippen LogP contribution in [0.15, 0.2) is 25.3 Å². The summed E-state index contributed by atoms with van der Waals surface area (Å²) in [5.41, 5.74) is -2.58. The maximum absolute atomic E-state index is 14.5. The molecule has 0 aromatic rings. The van der Waals surface area contributed by atoms with E-state index in [1.54, 1.807) is 11.0 Å². The van der Waals surface area contributed by atoms with Gasteiger partial charge in [-0.25, -0.2) is 0 Å². The number of ether oxygens (including phenoxy) is 2. The van der Waals surface area contributed by atoms with Crippen molar-refractivity contribution < 1.29 is 29.0 Å². The average molecular weight is 505 g/mol. The molecule has 0 aromatic carbocycles. The van der Waals surface area contributed by atoms with E-state index >= 15 is 0 Å². The number of carbonyl (C=O) groups excluding carboxylic acids is 3. The Kier molecular flexibility index (Phi) is 7.83. The maximum Gasteiger partial charge on any atom is 0.313 e. The van der Waals surface area contributed by atoms with Crippen molar-refractivity contribution in [3.05, 3.63) is 25.3 Å². The smallest absolute Gasteiger partial charge is 0.313 e. The van der Waals surface area contributed by atoms with Crippen molar-refractivity contribution in [2.24, 2.45) is 17.3 Å². The van der Waals surface area contributed by atoms with E-state index in [-0.39, 0.29) is 37.0 Å². The highest BCUT2D eigenvalue weighted by Gasteiger charge is 2.79. The second-order valence-corrected chi connectivity index (χ2v) is 12.3. The van der Waals surface area contributed by atoms with Gasteiger partial charge in [0.25, 0.3) is 0 Å². The second kappa shape index (κ2) is 9.93. The third kappa shape index (κ3) is 4.51. The van der Waals surface area contributed by atoms with Gasteiger partial charge in [-0.1, -0.05) is 46.4 Å². The number of amides is 2. The molecular formula is C28H44N2O6. The summed E-state index contributed by atoms with van der Waals surface area (Å²) in [4.78, 5) is 44.8. The van der Waals surface area contributed by atoms with E-state index in [1.807, 2.05) is 20.8 Å². The minimum absolute atomic E-state index is 0.00791. The van der Waals surface area contributed by atoms with Crippen molar-refractivity contribution in [3.8, 4) is 0 Å². The van der Waals surface area contributed by atoms with Gasteiger partial charge >= 0.3 is 5.97 Å². The lowest BCUT2D eigenvalue weighted by Crippen LogP contribution is -2.61. The van der Waals surface area contributed by atoms with E-state index in [2.05, 4.69) is 33.9 Å². The number of aliphatic hydroxyl groups excluding tert-OH is 1. The van der Waals surface area contributed by atoms with Crippen LogP contribution in [0.1, 0.15) is 67.2 Å². The third-order valence-electron chi connectivity index (χ3n) is 8.12. The number of aliphatic hydroxyl groups is 1. The Morgan fingerprint density at radius 3 is 2.42 bits per heavy atom. The Balaban J connectivity index is 2.10.